The lowest BCUT2D eigenvalue weighted by molar-refractivity contribution is -0.137. The number of nitrogens with two attached hydrogens (primary N) is 1. The molecule has 0 spiro atoms. The quantitative estimate of drug-likeness (QED) is 0.856. The van der Waals surface area contributed by atoms with Crippen molar-refractivity contribution in [1.82, 2.24) is 0 Å². The van der Waals surface area contributed by atoms with Crippen molar-refractivity contribution < 1.29 is 17.9 Å². The molecule has 0 aromatic heterocycles. The Kier molecular flexibility index (Phi) is 5.66. The zero-order chi connectivity index (χ0) is 16.9. The van der Waals surface area contributed by atoms with E-state index in [0.717, 1.165) is 29.0 Å². The van der Waals surface area contributed by atoms with Crippen LogP contribution < -0.4 is 10.5 Å². The van der Waals surface area contributed by atoms with Gasteiger partial charge >= 0.3 is 6.18 Å². The molecule has 0 radical (unpaired) electrons. The second kappa shape index (κ2) is 7.51. The number of rotatable bonds is 6. The van der Waals surface area contributed by atoms with Crippen LogP contribution in [-0.4, -0.2) is 13.2 Å². The van der Waals surface area contributed by atoms with Gasteiger partial charge in [0.15, 0.2) is 0 Å². The maximum absolute atomic E-state index is 12.6. The van der Waals surface area contributed by atoms with E-state index in [0.29, 0.717) is 19.6 Å². The summed E-state index contributed by atoms with van der Waals surface area (Å²) in [6.07, 6.45) is -3.72. The van der Waals surface area contributed by atoms with E-state index >= 15 is 0 Å². The molecule has 23 heavy (non-hydrogen) atoms. The molecule has 1 atom stereocenters. The van der Waals surface area contributed by atoms with Crippen molar-refractivity contribution in [1.29, 1.82) is 0 Å². The van der Waals surface area contributed by atoms with Crippen LogP contribution in [0.15, 0.2) is 48.5 Å². The minimum Gasteiger partial charge on any atom is -0.494 e. The van der Waals surface area contributed by atoms with Gasteiger partial charge in [0.25, 0.3) is 0 Å². The number of benzene rings is 2. The fourth-order valence-corrected chi connectivity index (χ4v) is 2.48. The van der Waals surface area contributed by atoms with Gasteiger partial charge in [-0.3, -0.25) is 0 Å². The third-order valence-corrected chi connectivity index (χ3v) is 3.69. The number of hydrogen-bond acceptors (Lipinski definition) is 2. The van der Waals surface area contributed by atoms with Crippen LogP contribution in [0.25, 0.3) is 0 Å². The van der Waals surface area contributed by atoms with Crippen molar-refractivity contribution >= 4 is 0 Å². The van der Waals surface area contributed by atoms with Crippen LogP contribution in [0.3, 0.4) is 0 Å². The van der Waals surface area contributed by atoms with E-state index in [1.54, 1.807) is 0 Å². The zero-order valence-corrected chi connectivity index (χ0v) is 12.9. The van der Waals surface area contributed by atoms with Gasteiger partial charge in [-0.25, -0.2) is 0 Å². The van der Waals surface area contributed by atoms with Crippen molar-refractivity contribution in [3.63, 3.8) is 0 Å². The molecule has 2 aromatic carbocycles. The zero-order valence-electron chi connectivity index (χ0n) is 12.9. The molecule has 2 nitrogen and oxygen atoms in total. The maximum atomic E-state index is 12.6. The molecule has 0 fully saturated rings. The Morgan fingerprint density at radius 2 is 1.78 bits per heavy atom. The Morgan fingerprint density at radius 1 is 1.09 bits per heavy atom. The second-order valence-corrected chi connectivity index (χ2v) is 5.34. The Bertz CT molecular complexity index is 623. The predicted molar refractivity (Wildman–Crippen MR) is 84.6 cm³/mol. The molecule has 0 aliphatic carbocycles. The highest BCUT2D eigenvalue weighted by Crippen LogP contribution is 2.30. The molecule has 0 saturated heterocycles. The van der Waals surface area contributed by atoms with Crippen molar-refractivity contribution in [2.45, 2.75) is 25.4 Å². The first-order valence-corrected chi connectivity index (χ1v) is 7.53. The summed E-state index contributed by atoms with van der Waals surface area (Å²) in [4.78, 5) is 0. The van der Waals surface area contributed by atoms with Gasteiger partial charge in [-0.2, -0.15) is 13.2 Å². The lowest BCUT2D eigenvalue weighted by Gasteiger charge is -2.17. The maximum Gasteiger partial charge on any atom is 0.416 e. The van der Waals surface area contributed by atoms with Crippen molar-refractivity contribution in [3.8, 4) is 5.75 Å². The number of alkyl halides is 3. The molecular weight excluding hydrogens is 303 g/mol. The smallest absolute Gasteiger partial charge is 0.416 e. The first-order valence-electron chi connectivity index (χ1n) is 7.53. The summed E-state index contributed by atoms with van der Waals surface area (Å²) in [6, 6.07) is 12.9. The molecule has 0 amide bonds. The van der Waals surface area contributed by atoms with E-state index in [-0.39, 0.29) is 5.92 Å². The average Bonchev–Trinajstić information content (AvgIpc) is 2.53. The van der Waals surface area contributed by atoms with Crippen LogP contribution >= 0.6 is 0 Å². The Morgan fingerprint density at radius 3 is 2.35 bits per heavy atom. The molecular formula is C18H20F3NO. The molecule has 124 valence electrons. The van der Waals surface area contributed by atoms with Gasteiger partial charge in [0, 0.05) is 5.92 Å². The number of ether oxygens (including phenoxy) is 1. The molecule has 0 aliphatic heterocycles. The van der Waals surface area contributed by atoms with Gasteiger partial charge in [-0.1, -0.05) is 24.3 Å². The third-order valence-electron chi connectivity index (χ3n) is 3.69. The average molecular weight is 323 g/mol. The fraction of sp³-hybridized carbons (Fsp3) is 0.333. The standard InChI is InChI=1S/C18H20F3NO/c1-2-23-17-5-3-4-14(11-17)15(12-22)10-13-6-8-16(9-7-13)18(19,20)21/h3-9,11,15H,2,10,12,22H2,1H3. The van der Waals surface area contributed by atoms with Gasteiger partial charge in [0.05, 0.1) is 12.2 Å². The van der Waals surface area contributed by atoms with Gasteiger partial charge in [-0.05, 0) is 55.3 Å². The summed E-state index contributed by atoms with van der Waals surface area (Å²) in [5.74, 6) is 0.808. The van der Waals surface area contributed by atoms with Gasteiger partial charge in [-0.15, -0.1) is 0 Å². The highest BCUT2D eigenvalue weighted by atomic mass is 19.4. The first-order chi connectivity index (χ1) is 10.9. The van der Waals surface area contributed by atoms with Crippen LogP contribution in [0.1, 0.15) is 29.5 Å². The predicted octanol–water partition coefficient (Wildman–Crippen LogP) is 4.39. The lowest BCUT2D eigenvalue weighted by atomic mass is 9.91. The summed E-state index contributed by atoms with van der Waals surface area (Å²) in [5, 5.41) is 0. The van der Waals surface area contributed by atoms with E-state index < -0.39 is 11.7 Å². The summed E-state index contributed by atoms with van der Waals surface area (Å²) in [7, 11) is 0. The monoisotopic (exact) mass is 323 g/mol. The largest absolute Gasteiger partial charge is 0.494 e. The van der Waals surface area contributed by atoms with E-state index in [1.165, 1.54) is 12.1 Å². The van der Waals surface area contributed by atoms with Gasteiger partial charge < -0.3 is 10.5 Å². The summed E-state index contributed by atoms with van der Waals surface area (Å²) in [5.41, 5.74) is 7.07. The molecule has 2 rings (SSSR count). The normalized spacial score (nSPS) is 12.9. The summed E-state index contributed by atoms with van der Waals surface area (Å²) in [6.45, 7) is 2.90. The van der Waals surface area contributed by atoms with E-state index in [2.05, 4.69) is 0 Å². The Balaban J connectivity index is 2.14. The molecule has 0 saturated carbocycles. The van der Waals surface area contributed by atoms with Crippen LogP contribution in [0, 0.1) is 0 Å². The summed E-state index contributed by atoms with van der Waals surface area (Å²) >= 11 is 0. The lowest BCUT2D eigenvalue weighted by Crippen LogP contribution is -2.15. The van der Waals surface area contributed by atoms with E-state index in [9.17, 15) is 13.2 Å². The first kappa shape index (κ1) is 17.3. The highest BCUT2D eigenvalue weighted by Gasteiger charge is 2.30. The second-order valence-electron chi connectivity index (χ2n) is 5.34. The fourth-order valence-electron chi connectivity index (χ4n) is 2.48. The third kappa shape index (κ3) is 4.73. The molecule has 5 heteroatoms. The molecule has 0 bridgehead atoms. The molecule has 1 unspecified atom stereocenters. The number of halogens is 3. The topological polar surface area (TPSA) is 35.2 Å². The minimum absolute atomic E-state index is 0.0344. The Labute approximate surface area is 134 Å². The molecule has 0 heterocycles. The molecule has 2 aromatic rings. The van der Waals surface area contributed by atoms with Crippen molar-refractivity contribution in [2.75, 3.05) is 13.2 Å². The highest BCUT2D eigenvalue weighted by molar-refractivity contribution is 5.33. The van der Waals surface area contributed by atoms with Crippen LogP contribution in [0.2, 0.25) is 0 Å². The van der Waals surface area contributed by atoms with Gasteiger partial charge in [0.1, 0.15) is 5.75 Å². The Hall–Kier alpha value is -2.01. The SMILES string of the molecule is CCOc1cccc(C(CN)Cc2ccc(C(F)(F)F)cc2)c1. The molecule has 0 aliphatic rings. The van der Waals surface area contributed by atoms with Crippen molar-refractivity contribution in [2.24, 2.45) is 5.73 Å². The van der Waals surface area contributed by atoms with Crippen LogP contribution in [-0.2, 0) is 12.6 Å². The van der Waals surface area contributed by atoms with E-state index in [4.69, 9.17) is 10.5 Å². The van der Waals surface area contributed by atoms with Crippen LogP contribution in [0.5, 0.6) is 5.75 Å². The van der Waals surface area contributed by atoms with Crippen LogP contribution in [0.4, 0.5) is 13.2 Å². The van der Waals surface area contributed by atoms with E-state index in [1.807, 2.05) is 31.2 Å². The minimum atomic E-state index is -4.31. The van der Waals surface area contributed by atoms with Crippen molar-refractivity contribution in [3.05, 3.63) is 65.2 Å². The number of hydrogen-bond donors (Lipinski definition) is 1. The summed E-state index contributed by atoms with van der Waals surface area (Å²) < 4.78 is 43.3. The van der Waals surface area contributed by atoms with Gasteiger partial charge in [0.2, 0.25) is 0 Å². The molecule has 2 N–H and O–H groups in total.